The topological polar surface area (TPSA) is 80.4 Å². The number of aromatic hydroxyl groups is 1. The monoisotopic (exact) mass is 179 g/mol. The van der Waals surface area contributed by atoms with Crippen LogP contribution in [0.5, 0.6) is 5.75 Å². The van der Waals surface area contributed by atoms with Crippen LogP contribution in [0, 0.1) is 0 Å². The average Bonchev–Trinajstić information content (AvgIpc) is 2.03. The minimum atomic E-state index is -0.749. The lowest BCUT2D eigenvalue weighted by Gasteiger charge is -2.03. The minimum Gasteiger partial charge on any atom is -0.506 e. The number of hydrogen-bond donors (Lipinski definition) is 2. The molecule has 1 rings (SSSR count). The lowest BCUT2D eigenvalue weighted by molar-refractivity contribution is 0.0997. The van der Waals surface area contributed by atoms with Crippen molar-refractivity contribution < 1.29 is 14.7 Å². The van der Waals surface area contributed by atoms with E-state index in [1.54, 1.807) is 0 Å². The Morgan fingerprint density at radius 2 is 1.85 bits per heavy atom. The van der Waals surface area contributed by atoms with Gasteiger partial charge in [0.05, 0.1) is 11.1 Å². The Kier molecular flexibility index (Phi) is 2.32. The van der Waals surface area contributed by atoms with Gasteiger partial charge in [-0.2, -0.15) is 0 Å². The van der Waals surface area contributed by atoms with E-state index in [4.69, 9.17) is 5.73 Å². The maximum Gasteiger partial charge on any atom is 0.252 e. The molecule has 3 N–H and O–H groups in total. The summed E-state index contributed by atoms with van der Waals surface area (Å²) in [7, 11) is 0. The molecule has 0 radical (unpaired) electrons. The number of carbonyl (C=O) groups is 2. The minimum absolute atomic E-state index is 0.0345. The molecule has 0 aliphatic heterocycles. The predicted octanol–water partition coefficient (Wildman–Crippen LogP) is 0.694. The fraction of sp³-hybridized carbons (Fsp3) is 0.111. The van der Waals surface area contributed by atoms with Crippen molar-refractivity contribution >= 4 is 11.7 Å². The Balaban J connectivity index is 3.35. The second-order valence-electron chi connectivity index (χ2n) is 2.62. The van der Waals surface area contributed by atoms with Gasteiger partial charge in [-0.25, -0.2) is 0 Å². The van der Waals surface area contributed by atoms with E-state index in [9.17, 15) is 14.7 Å². The van der Waals surface area contributed by atoms with Gasteiger partial charge in [0.15, 0.2) is 5.78 Å². The second kappa shape index (κ2) is 3.26. The quantitative estimate of drug-likeness (QED) is 0.655. The highest BCUT2D eigenvalue weighted by atomic mass is 16.3. The molecule has 0 unspecified atom stereocenters. The zero-order valence-corrected chi connectivity index (χ0v) is 7.07. The smallest absolute Gasteiger partial charge is 0.252 e. The second-order valence-corrected chi connectivity index (χ2v) is 2.62. The molecular weight excluding hydrogens is 170 g/mol. The number of amides is 1. The zero-order valence-electron chi connectivity index (χ0n) is 7.07. The molecule has 0 atom stereocenters. The molecule has 4 heteroatoms. The summed E-state index contributed by atoms with van der Waals surface area (Å²) >= 11 is 0. The van der Waals surface area contributed by atoms with Gasteiger partial charge in [0, 0.05) is 0 Å². The third-order valence-corrected chi connectivity index (χ3v) is 1.68. The van der Waals surface area contributed by atoms with Gasteiger partial charge in [-0.3, -0.25) is 9.59 Å². The lowest BCUT2D eigenvalue weighted by atomic mass is 10.1. The van der Waals surface area contributed by atoms with Gasteiger partial charge in [0.1, 0.15) is 5.75 Å². The van der Waals surface area contributed by atoms with Crippen LogP contribution in [-0.4, -0.2) is 16.8 Å². The van der Waals surface area contributed by atoms with Crippen molar-refractivity contribution in [2.45, 2.75) is 6.92 Å². The molecular formula is C9H9NO3. The van der Waals surface area contributed by atoms with Gasteiger partial charge in [-0.05, 0) is 19.1 Å². The summed E-state index contributed by atoms with van der Waals surface area (Å²) in [4.78, 5) is 21.7. The highest BCUT2D eigenvalue weighted by molar-refractivity contribution is 6.03. The normalized spacial score (nSPS) is 9.62. The Bertz CT molecular complexity index is 339. The summed E-state index contributed by atoms with van der Waals surface area (Å²) in [5, 5.41) is 9.41. The molecule has 0 aromatic heterocycles. The number of ketones is 1. The third-order valence-electron chi connectivity index (χ3n) is 1.68. The fourth-order valence-corrected chi connectivity index (χ4v) is 1.03. The number of phenols is 1. The maximum absolute atomic E-state index is 10.9. The van der Waals surface area contributed by atoms with Gasteiger partial charge < -0.3 is 10.8 Å². The molecule has 1 aromatic carbocycles. The fourth-order valence-electron chi connectivity index (χ4n) is 1.03. The van der Waals surface area contributed by atoms with E-state index in [1.165, 1.54) is 25.1 Å². The highest BCUT2D eigenvalue weighted by Crippen LogP contribution is 2.21. The molecule has 0 spiro atoms. The molecule has 4 nitrogen and oxygen atoms in total. The van der Waals surface area contributed by atoms with E-state index in [0.717, 1.165) is 0 Å². The van der Waals surface area contributed by atoms with Crippen LogP contribution in [0.2, 0.25) is 0 Å². The molecule has 0 aliphatic carbocycles. The van der Waals surface area contributed by atoms with Crippen LogP contribution in [-0.2, 0) is 0 Å². The number of benzene rings is 1. The van der Waals surface area contributed by atoms with E-state index in [-0.39, 0.29) is 22.7 Å². The first-order valence-corrected chi connectivity index (χ1v) is 3.66. The van der Waals surface area contributed by atoms with E-state index < -0.39 is 5.91 Å². The molecule has 0 saturated carbocycles. The molecule has 0 aliphatic rings. The van der Waals surface area contributed by atoms with Gasteiger partial charge in [0.2, 0.25) is 0 Å². The van der Waals surface area contributed by atoms with Crippen molar-refractivity contribution in [3.05, 3.63) is 29.3 Å². The Hall–Kier alpha value is -1.84. The molecule has 0 saturated heterocycles. The number of carbonyl (C=O) groups excluding carboxylic acids is 2. The van der Waals surface area contributed by atoms with Crippen LogP contribution >= 0.6 is 0 Å². The summed E-state index contributed by atoms with van der Waals surface area (Å²) < 4.78 is 0. The van der Waals surface area contributed by atoms with Gasteiger partial charge in [-0.15, -0.1) is 0 Å². The van der Waals surface area contributed by atoms with Gasteiger partial charge in [0.25, 0.3) is 5.91 Å². The lowest BCUT2D eigenvalue weighted by Crippen LogP contribution is -2.12. The van der Waals surface area contributed by atoms with E-state index in [0.29, 0.717) is 0 Å². The number of para-hydroxylation sites is 1. The Morgan fingerprint density at radius 3 is 2.31 bits per heavy atom. The first-order valence-electron chi connectivity index (χ1n) is 3.66. The van der Waals surface area contributed by atoms with Crippen LogP contribution in [0.25, 0.3) is 0 Å². The molecule has 68 valence electrons. The van der Waals surface area contributed by atoms with E-state index in [1.807, 2.05) is 0 Å². The summed E-state index contributed by atoms with van der Waals surface area (Å²) in [6, 6.07) is 4.30. The summed E-state index contributed by atoms with van der Waals surface area (Å²) in [5.74, 6) is -1.40. The van der Waals surface area contributed by atoms with Gasteiger partial charge >= 0.3 is 0 Å². The summed E-state index contributed by atoms with van der Waals surface area (Å²) in [6.07, 6.45) is 0. The maximum atomic E-state index is 10.9. The first-order chi connectivity index (χ1) is 6.04. The van der Waals surface area contributed by atoms with E-state index >= 15 is 0 Å². The molecule has 1 aromatic rings. The zero-order chi connectivity index (χ0) is 10.0. The number of primary amides is 1. The first kappa shape index (κ1) is 9.25. The number of nitrogens with two attached hydrogens (primary N) is 1. The number of Topliss-reactive ketones (excluding diaryl/α,β-unsaturated/α-hetero) is 1. The van der Waals surface area contributed by atoms with Crippen molar-refractivity contribution in [3.63, 3.8) is 0 Å². The Labute approximate surface area is 75.0 Å². The van der Waals surface area contributed by atoms with Crippen molar-refractivity contribution in [2.75, 3.05) is 0 Å². The van der Waals surface area contributed by atoms with Crippen molar-refractivity contribution in [1.82, 2.24) is 0 Å². The molecule has 1 amide bonds. The van der Waals surface area contributed by atoms with Crippen molar-refractivity contribution in [2.24, 2.45) is 5.73 Å². The van der Waals surface area contributed by atoms with Crippen LogP contribution in [0.3, 0.4) is 0 Å². The molecule has 0 heterocycles. The molecule has 0 bridgehead atoms. The van der Waals surface area contributed by atoms with Crippen LogP contribution in [0.4, 0.5) is 0 Å². The van der Waals surface area contributed by atoms with Crippen molar-refractivity contribution in [3.8, 4) is 5.75 Å². The predicted molar refractivity (Wildman–Crippen MR) is 46.6 cm³/mol. The van der Waals surface area contributed by atoms with Gasteiger partial charge in [-0.1, -0.05) is 6.07 Å². The Morgan fingerprint density at radius 1 is 1.31 bits per heavy atom. The standard InChI is InChI=1S/C9H9NO3/c1-5(11)6-3-2-4-7(8(6)12)9(10)13/h2-4,12H,1H3,(H2,10,13). The molecule has 13 heavy (non-hydrogen) atoms. The third kappa shape index (κ3) is 1.66. The summed E-state index contributed by atoms with van der Waals surface area (Å²) in [6.45, 7) is 1.31. The number of rotatable bonds is 2. The molecule has 0 fully saturated rings. The highest BCUT2D eigenvalue weighted by Gasteiger charge is 2.13. The number of hydrogen-bond acceptors (Lipinski definition) is 3. The van der Waals surface area contributed by atoms with Crippen molar-refractivity contribution in [1.29, 1.82) is 0 Å². The average molecular weight is 179 g/mol. The largest absolute Gasteiger partial charge is 0.506 e. The summed E-state index contributed by atoms with van der Waals surface area (Å²) in [5.41, 5.74) is 5.05. The van der Waals surface area contributed by atoms with E-state index in [2.05, 4.69) is 0 Å². The van der Waals surface area contributed by atoms with Crippen LogP contribution < -0.4 is 5.73 Å². The van der Waals surface area contributed by atoms with Crippen LogP contribution in [0.1, 0.15) is 27.6 Å². The van der Waals surface area contributed by atoms with Crippen LogP contribution in [0.15, 0.2) is 18.2 Å². The SMILES string of the molecule is CC(=O)c1cccc(C(N)=O)c1O.